The summed E-state index contributed by atoms with van der Waals surface area (Å²) in [5.74, 6) is -0.735. The van der Waals surface area contributed by atoms with E-state index in [1.165, 1.54) is 4.90 Å². The fourth-order valence-corrected chi connectivity index (χ4v) is 7.17. The first-order chi connectivity index (χ1) is 20.3. The molecular formula is C35H30N2O5. The molecule has 0 spiro atoms. The third-order valence-corrected chi connectivity index (χ3v) is 9.27. The standard InChI is InChI=1S/C35H30N2O5/c1-19-7-9-22(10-8-19)32(38)20(2)42-35(41)27-18-29(36-28-6-4-3-5-26(27)28)21-13-15-25(16-14-21)37-33(39)30-23-11-12-24(17-23)31(30)34(37)40/h3-10,13-16,18,20,23-24,30-31H,11-12,17H2,1-2H3/t20-,23-,24-,30+,31+/m0/s1. The van der Waals surface area contributed by atoms with Crippen molar-refractivity contribution in [2.24, 2.45) is 23.7 Å². The van der Waals surface area contributed by atoms with Gasteiger partial charge in [0.1, 0.15) is 0 Å². The largest absolute Gasteiger partial charge is 0.451 e. The van der Waals surface area contributed by atoms with Crippen LogP contribution < -0.4 is 4.90 Å². The molecule has 7 nitrogen and oxygen atoms in total. The Balaban J connectivity index is 1.16. The predicted molar refractivity (Wildman–Crippen MR) is 158 cm³/mol. The summed E-state index contributed by atoms with van der Waals surface area (Å²) in [6, 6.07) is 23.3. The summed E-state index contributed by atoms with van der Waals surface area (Å²) in [5, 5.41) is 0.618. The minimum atomic E-state index is -0.972. The lowest BCUT2D eigenvalue weighted by Crippen LogP contribution is -2.32. The molecule has 4 aromatic rings. The zero-order valence-corrected chi connectivity index (χ0v) is 23.4. The number of carbonyl (C=O) groups is 4. The minimum Gasteiger partial charge on any atom is -0.451 e. The third kappa shape index (κ3) is 4.23. The highest BCUT2D eigenvalue weighted by molar-refractivity contribution is 6.22. The van der Waals surface area contributed by atoms with Crippen LogP contribution in [0.1, 0.15) is 52.5 Å². The van der Waals surface area contributed by atoms with Gasteiger partial charge >= 0.3 is 5.97 Å². The maximum Gasteiger partial charge on any atom is 0.339 e. The molecule has 1 aliphatic heterocycles. The quantitative estimate of drug-likeness (QED) is 0.160. The van der Waals surface area contributed by atoms with E-state index in [0.717, 1.165) is 30.4 Å². The SMILES string of the molecule is Cc1ccc(C(=O)[C@H](C)OC(=O)c2cc(-c3ccc(N4C(=O)[C@@H]5[C@H]6CC[C@@H](C6)[C@H]5C4=O)cc3)nc3ccccc23)cc1. The number of aryl methyl sites for hydroxylation is 1. The van der Waals surface area contributed by atoms with Gasteiger partial charge in [0.05, 0.1) is 34.3 Å². The van der Waals surface area contributed by atoms with E-state index in [2.05, 4.69) is 0 Å². The predicted octanol–water partition coefficient (Wildman–Crippen LogP) is 6.17. The fourth-order valence-electron chi connectivity index (χ4n) is 7.17. The Morgan fingerprint density at radius 3 is 2.19 bits per heavy atom. The highest BCUT2D eigenvalue weighted by Gasteiger charge is 2.61. The molecule has 2 heterocycles. The molecule has 210 valence electrons. The number of Topliss-reactive ketones (excluding diaryl/α,β-unsaturated/α-hetero) is 1. The number of fused-ring (bicyclic) bond motifs is 6. The van der Waals surface area contributed by atoms with Crippen molar-refractivity contribution in [1.29, 1.82) is 0 Å². The Bertz CT molecular complexity index is 1730. The van der Waals surface area contributed by atoms with Crippen LogP contribution in [-0.4, -0.2) is 34.7 Å². The number of aromatic nitrogens is 1. The lowest BCUT2D eigenvalue weighted by Gasteiger charge is -2.19. The molecular weight excluding hydrogens is 528 g/mol. The topological polar surface area (TPSA) is 93.6 Å². The summed E-state index contributed by atoms with van der Waals surface area (Å²) in [7, 11) is 0. The summed E-state index contributed by atoms with van der Waals surface area (Å²) < 4.78 is 5.65. The second kappa shape index (κ2) is 10.0. The Hall–Kier alpha value is -4.65. The van der Waals surface area contributed by atoms with Gasteiger partial charge in [-0.3, -0.25) is 19.3 Å². The molecule has 3 aliphatic rings. The fraction of sp³-hybridized carbons (Fsp3) is 0.286. The Labute approximate surface area is 243 Å². The van der Waals surface area contributed by atoms with E-state index in [1.54, 1.807) is 43.3 Å². The first-order valence-corrected chi connectivity index (χ1v) is 14.5. The first-order valence-electron chi connectivity index (χ1n) is 14.5. The van der Waals surface area contributed by atoms with Crippen molar-refractivity contribution in [3.8, 4) is 11.3 Å². The van der Waals surface area contributed by atoms with Crippen LogP contribution in [0, 0.1) is 30.6 Å². The summed E-state index contributed by atoms with van der Waals surface area (Å²) in [4.78, 5) is 59.0. The Kier molecular flexibility index (Phi) is 6.26. The van der Waals surface area contributed by atoms with E-state index < -0.39 is 12.1 Å². The monoisotopic (exact) mass is 558 g/mol. The second-order valence-corrected chi connectivity index (χ2v) is 11.8. The zero-order valence-electron chi connectivity index (χ0n) is 23.4. The van der Waals surface area contributed by atoms with Gasteiger partial charge in [-0.25, -0.2) is 9.78 Å². The first kappa shape index (κ1) is 26.3. The normalized spacial score (nSPS) is 23.3. The summed E-state index contributed by atoms with van der Waals surface area (Å²) in [6.45, 7) is 3.51. The molecule has 2 aliphatic carbocycles. The van der Waals surface area contributed by atoms with Crippen molar-refractivity contribution in [3.63, 3.8) is 0 Å². The third-order valence-electron chi connectivity index (χ3n) is 9.27. The van der Waals surface area contributed by atoms with Crippen LogP contribution in [-0.2, 0) is 14.3 Å². The zero-order chi connectivity index (χ0) is 29.1. The van der Waals surface area contributed by atoms with Gasteiger partial charge in [-0.1, -0.05) is 60.2 Å². The van der Waals surface area contributed by atoms with Crippen molar-refractivity contribution < 1.29 is 23.9 Å². The number of imide groups is 1. The van der Waals surface area contributed by atoms with Gasteiger partial charge in [0.15, 0.2) is 6.10 Å². The number of amides is 2. The number of anilines is 1. The highest BCUT2D eigenvalue weighted by atomic mass is 16.5. The molecule has 1 saturated heterocycles. The van der Waals surface area contributed by atoms with Crippen LogP contribution in [0.25, 0.3) is 22.2 Å². The number of pyridine rings is 1. The van der Waals surface area contributed by atoms with Crippen molar-refractivity contribution >= 4 is 40.2 Å². The number of benzene rings is 3. The number of ketones is 1. The van der Waals surface area contributed by atoms with Crippen LogP contribution >= 0.6 is 0 Å². The summed E-state index contributed by atoms with van der Waals surface area (Å²) >= 11 is 0. The number of esters is 1. The van der Waals surface area contributed by atoms with Gasteiger partial charge in [0.25, 0.3) is 0 Å². The maximum absolute atomic E-state index is 13.4. The van der Waals surface area contributed by atoms with Crippen molar-refractivity contribution in [2.75, 3.05) is 4.90 Å². The number of rotatable bonds is 6. The average Bonchev–Trinajstić information content (AvgIpc) is 3.70. The average molecular weight is 559 g/mol. The van der Waals surface area contributed by atoms with E-state index in [4.69, 9.17) is 9.72 Å². The van der Waals surface area contributed by atoms with Gasteiger partial charge in [-0.2, -0.15) is 0 Å². The molecule has 3 fully saturated rings. The number of ether oxygens (including phenoxy) is 1. The van der Waals surface area contributed by atoms with E-state index in [9.17, 15) is 19.2 Å². The lowest BCUT2D eigenvalue weighted by molar-refractivity contribution is -0.123. The van der Waals surface area contributed by atoms with E-state index in [0.29, 0.717) is 45.2 Å². The number of hydrogen-bond donors (Lipinski definition) is 0. The molecule has 5 atom stereocenters. The smallest absolute Gasteiger partial charge is 0.339 e. The summed E-state index contributed by atoms with van der Waals surface area (Å²) in [5.41, 5.74) is 4.25. The molecule has 0 N–H and O–H groups in total. The molecule has 2 amide bonds. The molecule has 42 heavy (non-hydrogen) atoms. The molecule has 2 saturated carbocycles. The summed E-state index contributed by atoms with van der Waals surface area (Å²) in [6.07, 6.45) is 2.10. The molecule has 7 heteroatoms. The molecule has 2 bridgehead atoms. The van der Waals surface area contributed by atoms with E-state index in [-0.39, 0.29) is 29.4 Å². The highest BCUT2D eigenvalue weighted by Crippen LogP contribution is 2.56. The number of nitrogens with zero attached hydrogens (tertiary/aromatic N) is 2. The van der Waals surface area contributed by atoms with E-state index >= 15 is 0 Å². The molecule has 1 aromatic heterocycles. The van der Waals surface area contributed by atoms with Crippen LogP contribution in [0.5, 0.6) is 0 Å². The number of hydrogen-bond acceptors (Lipinski definition) is 6. The van der Waals surface area contributed by atoms with Crippen molar-refractivity contribution in [2.45, 2.75) is 39.2 Å². The van der Waals surface area contributed by atoms with Gasteiger partial charge in [-0.05, 0) is 69.2 Å². The molecule has 0 radical (unpaired) electrons. The lowest BCUT2D eigenvalue weighted by atomic mass is 9.81. The van der Waals surface area contributed by atoms with Crippen LogP contribution in [0.3, 0.4) is 0 Å². The minimum absolute atomic E-state index is 0.0758. The Morgan fingerprint density at radius 2 is 1.52 bits per heavy atom. The molecule has 3 aromatic carbocycles. The Morgan fingerprint density at radius 1 is 0.881 bits per heavy atom. The van der Waals surface area contributed by atoms with Crippen molar-refractivity contribution in [3.05, 3.63) is 95.6 Å². The molecule has 7 rings (SSSR count). The van der Waals surface area contributed by atoms with Crippen LogP contribution in [0.4, 0.5) is 5.69 Å². The van der Waals surface area contributed by atoms with Gasteiger partial charge in [-0.15, -0.1) is 0 Å². The molecule has 0 unspecified atom stereocenters. The van der Waals surface area contributed by atoms with Gasteiger partial charge in [0, 0.05) is 16.5 Å². The van der Waals surface area contributed by atoms with E-state index in [1.807, 2.05) is 49.4 Å². The van der Waals surface area contributed by atoms with Gasteiger partial charge < -0.3 is 4.74 Å². The van der Waals surface area contributed by atoms with Crippen LogP contribution in [0.15, 0.2) is 78.9 Å². The second-order valence-electron chi connectivity index (χ2n) is 11.8. The number of para-hydroxylation sites is 1. The van der Waals surface area contributed by atoms with Crippen LogP contribution in [0.2, 0.25) is 0 Å². The van der Waals surface area contributed by atoms with Crippen molar-refractivity contribution in [1.82, 2.24) is 4.98 Å². The number of carbonyl (C=O) groups excluding carboxylic acids is 4. The van der Waals surface area contributed by atoms with Gasteiger partial charge in [0.2, 0.25) is 17.6 Å². The maximum atomic E-state index is 13.4.